The van der Waals surface area contributed by atoms with Crippen molar-refractivity contribution < 1.29 is 17.3 Å². The van der Waals surface area contributed by atoms with Gasteiger partial charge in [-0.25, -0.2) is 0 Å². The van der Waals surface area contributed by atoms with E-state index in [2.05, 4.69) is 74.8 Å². The molecule has 84 valence electrons. The van der Waals surface area contributed by atoms with Crippen LogP contribution in [0.4, 0.5) is 0 Å². The van der Waals surface area contributed by atoms with Crippen LogP contribution in [0.15, 0.2) is 30.3 Å². The minimum Gasteiger partial charge on any atom is -0.415 e. The Bertz CT molecular complexity index is 269. The number of rotatable bonds is 3. The first-order chi connectivity index (χ1) is 7.11. The second-order valence-electron chi connectivity index (χ2n) is 2.70. The molecule has 0 aliphatic rings. The second-order valence-corrected chi connectivity index (χ2v) is 10.3. The van der Waals surface area contributed by atoms with Gasteiger partial charge in [-0.3, -0.25) is 0 Å². The van der Waals surface area contributed by atoms with Gasteiger partial charge in [-0.2, -0.15) is 0 Å². The Morgan fingerprint density at radius 2 is 1.67 bits per heavy atom. The summed E-state index contributed by atoms with van der Waals surface area (Å²) in [6.45, 7) is 4.65. The maximum Gasteiger partial charge on any atom is -0.0708 e. The van der Waals surface area contributed by atoms with Crippen molar-refractivity contribution in [3.8, 4) is 0 Å². The third-order valence-electron chi connectivity index (χ3n) is 1.77. The summed E-state index contributed by atoms with van der Waals surface area (Å²) in [6.07, 6.45) is 0. The van der Waals surface area contributed by atoms with Gasteiger partial charge in [0.05, 0.1) is 0 Å². The first kappa shape index (κ1) is 15.0. The quantitative estimate of drug-likeness (QED) is 0.526. The molecule has 0 saturated carbocycles. The third kappa shape index (κ3) is 7.89. The predicted molar refractivity (Wildman–Crippen MR) is 71.2 cm³/mol. The molecule has 0 aromatic heterocycles. The summed E-state index contributed by atoms with van der Waals surface area (Å²) in [5, 5.41) is 0. The van der Waals surface area contributed by atoms with E-state index in [0.29, 0.717) is 0 Å². The molecule has 0 radical (unpaired) electrons. The topological polar surface area (TPSA) is 26.0 Å². The molecule has 0 bridgehead atoms. The minimum absolute atomic E-state index is 0.0833. The van der Waals surface area contributed by atoms with Gasteiger partial charge in [-0.05, 0) is 0 Å². The molecule has 4 heteroatoms. The van der Waals surface area contributed by atoms with Gasteiger partial charge >= 0.3 is 75.1 Å². The van der Waals surface area contributed by atoms with E-state index in [0.717, 1.165) is 0 Å². The summed E-state index contributed by atoms with van der Waals surface area (Å²) in [7, 11) is 0. The second kappa shape index (κ2) is 9.26. The van der Waals surface area contributed by atoms with Crippen LogP contribution in [-0.2, 0) is 29.9 Å². The molecule has 0 amide bonds. The predicted octanol–water partition coefficient (Wildman–Crippen LogP) is 2.58. The number of benzene rings is 1. The van der Waals surface area contributed by atoms with Crippen molar-refractivity contribution in [1.29, 1.82) is 0 Å². The summed E-state index contributed by atoms with van der Waals surface area (Å²) in [6, 6.07) is 11.0. The summed E-state index contributed by atoms with van der Waals surface area (Å²) >= 11 is 7.42. The Morgan fingerprint density at radius 3 is 2.00 bits per heavy atom. The minimum atomic E-state index is -0.844. The van der Waals surface area contributed by atoms with Crippen LogP contribution in [0, 0.1) is 0 Å². The monoisotopic (exact) mass is 325 g/mol. The fourth-order valence-corrected chi connectivity index (χ4v) is 5.12. The van der Waals surface area contributed by atoms with Gasteiger partial charge in [0.2, 0.25) is 0 Å². The summed E-state index contributed by atoms with van der Waals surface area (Å²) in [5.41, 5.74) is 4.66. The molecule has 0 spiro atoms. The van der Waals surface area contributed by atoms with E-state index in [1.807, 2.05) is 0 Å². The molecule has 0 saturated heterocycles. The normalized spacial score (nSPS) is 9.27. The Morgan fingerprint density at radius 1 is 1.27 bits per heavy atom. The average molecular weight is 323 g/mol. The van der Waals surface area contributed by atoms with E-state index < -0.39 is 17.3 Å². The third-order valence-corrected chi connectivity index (χ3v) is 7.51. The van der Waals surface area contributed by atoms with Gasteiger partial charge in [-0.1, -0.05) is 4.32 Å². The van der Waals surface area contributed by atoms with Gasteiger partial charge in [0, 0.05) is 0 Å². The van der Waals surface area contributed by atoms with Crippen LogP contribution >= 0.6 is 12.2 Å². The van der Waals surface area contributed by atoms with Crippen LogP contribution in [0.2, 0.25) is 9.62 Å². The Labute approximate surface area is 109 Å². The van der Waals surface area contributed by atoms with Crippen LogP contribution in [0.5, 0.6) is 0 Å². The molecule has 2 N–H and O–H groups in total. The van der Waals surface area contributed by atoms with Crippen molar-refractivity contribution in [2.75, 3.05) is 0 Å². The molecule has 0 aliphatic heterocycles. The molecule has 1 rings (SSSR count). The largest absolute Gasteiger partial charge is 0.415 e. The molecule has 1 aromatic rings. The zero-order valence-electron chi connectivity index (χ0n) is 9.10. The van der Waals surface area contributed by atoms with E-state index in [1.165, 1.54) is 9.62 Å². The zero-order chi connectivity index (χ0) is 11.7. The van der Waals surface area contributed by atoms with E-state index in [-0.39, 0.29) is 4.32 Å². The van der Waals surface area contributed by atoms with Crippen LogP contribution in [-0.4, -0.2) is 4.32 Å². The number of hydrogen-bond donors (Lipinski definition) is 1. The molecule has 1 aromatic carbocycles. The smallest absolute Gasteiger partial charge is 0.0708 e. The Balaban J connectivity index is 0.000000423. The molecule has 0 fully saturated rings. The summed E-state index contributed by atoms with van der Waals surface area (Å²) in [4.78, 5) is 2.84. The number of nitrogens with two attached hydrogens (primary N) is 1. The van der Waals surface area contributed by atoms with Gasteiger partial charge in [0.25, 0.3) is 0 Å². The van der Waals surface area contributed by atoms with Crippen molar-refractivity contribution in [3.05, 3.63) is 30.3 Å². The summed E-state index contributed by atoms with van der Waals surface area (Å²) < 4.78 is 1.74. The van der Waals surface area contributed by atoms with Gasteiger partial charge in [0.1, 0.15) is 0 Å². The van der Waals surface area contributed by atoms with Crippen molar-refractivity contribution in [2.24, 2.45) is 5.73 Å². The molecule has 0 aliphatic carbocycles. The van der Waals surface area contributed by atoms with Crippen LogP contribution in [0.25, 0.3) is 0 Å². The standard InChI is InChI=1S/C6H5.2C2H5.CH3NS2.Mo/c1-2-4-6-5-3-1;2*1-2;2-1(3)4;/h1-5H;2*1H2,2H3;(H3,2,3,4);/q;;;;+1/p-1. The van der Waals surface area contributed by atoms with Crippen LogP contribution < -0.4 is 9.69 Å². The van der Waals surface area contributed by atoms with E-state index in [4.69, 9.17) is 0 Å². The molecule has 15 heavy (non-hydrogen) atoms. The van der Waals surface area contributed by atoms with Gasteiger partial charge < -0.3 is 30.6 Å². The maximum absolute atomic E-state index is 4.66. The first-order valence-electron chi connectivity index (χ1n) is 4.80. The summed E-state index contributed by atoms with van der Waals surface area (Å²) in [5.74, 6) is 0. The Hall–Kier alpha value is 0.0183. The SMILES string of the molecule is C[CH2][Mo+]([CH2]C)[c]1ccccc1.NC(=S)[S-]. The fraction of sp³-hybridized carbons (Fsp3) is 0.364. The molecule has 0 atom stereocenters. The van der Waals surface area contributed by atoms with E-state index in [1.54, 1.807) is 3.95 Å². The number of thiocarbonyl (C=S) groups is 1. The van der Waals surface area contributed by atoms with Crippen molar-refractivity contribution in [1.82, 2.24) is 0 Å². The van der Waals surface area contributed by atoms with Crippen LogP contribution in [0.3, 0.4) is 0 Å². The van der Waals surface area contributed by atoms with Crippen LogP contribution in [0.1, 0.15) is 13.8 Å². The van der Waals surface area contributed by atoms with Gasteiger partial charge in [0.15, 0.2) is 0 Å². The molecule has 0 unspecified atom stereocenters. The molecule has 0 heterocycles. The fourth-order valence-electron chi connectivity index (χ4n) is 1.15. The maximum atomic E-state index is 4.66. The van der Waals surface area contributed by atoms with Crippen molar-refractivity contribution in [2.45, 2.75) is 23.5 Å². The van der Waals surface area contributed by atoms with E-state index in [9.17, 15) is 0 Å². The zero-order valence-corrected chi connectivity index (χ0v) is 12.7. The molecule has 1 nitrogen and oxygen atoms in total. The van der Waals surface area contributed by atoms with E-state index >= 15 is 0 Å². The van der Waals surface area contributed by atoms with Gasteiger partial charge in [-0.15, -0.1) is 0 Å². The van der Waals surface area contributed by atoms with Crippen molar-refractivity contribution >= 4 is 33.1 Å². The Kier molecular flexibility index (Phi) is 9.27. The number of hydrogen-bond acceptors (Lipinski definition) is 2. The average Bonchev–Trinajstić information content (AvgIpc) is 2.20. The first-order valence-corrected chi connectivity index (χ1v) is 9.46. The molecular weight excluding hydrogens is 306 g/mol. The molecular formula is C11H17MoNS2. The van der Waals surface area contributed by atoms with Crippen molar-refractivity contribution in [3.63, 3.8) is 0 Å².